The second kappa shape index (κ2) is 7.70. The maximum atomic E-state index is 12.8. The summed E-state index contributed by atoms with van der Waals surface area (Å²) in [7, 11) is 4.92. The molecule has 0 atom stereocenters. The van der Waals surface area contributed by atoms with Gasteiger partial charge in [0.25, 0.3) is 5.91 Å². The normalized spacial score (nSPS) is 12.5. The Labute approximate surface area is 157 Å². The molecule has 136 valence electrons. The van der Waals surface area contributed by atoms with Crippen LogP contribution in [0.2, 0.25) is 5.02 Å². The Morgan fingerprint density at radius 2 is 2.04 bits per heavy atom. The van der Waals surface area contributed by atoms with E-state index in [0.717, 1.165) is 16.9 Å². The first-order valence-corrected chi connectivity index (χ1v) is 8.49. The number of carbonyl (C=O) groups excluding carboxylic acids is 1. The van der Waals surface area contributed by atoms with Crippen LogP contribution in [0.15, 0.2) is 42.0 Å². The molecule has 0 aromatic heterocycles. The molecule has 0 bridgehead atoms. The predicted octanol–water partition coefficient (Wildman–Crippen LogP) is 3.79. The van der Waals surface area contributed by atoms with Gasteiger partial charge in [0.1, 0.15) is 12.4 Å². The van der Waals surface area contributed by atoms with Gasteiger partial charge < -0.3 is 19.1 Å². The lowest BCUT2D eigenvalue weighted by atomic mass is 10.1. The molecular formula is C20H20ClNO4. The number of amides is 1. The van der Waals surface area contributed by atoms with E-state index in [-0.39, 0.29) is 12.5 Å². The molecule has 26 heavy (non-hydrogen) atoms. The maximum Gasteiger partial charge on any atom is 0.253 e. The summed E-state index contributed by atoms with van der Waals surface area (Å²) < 4.78 is 16.4. The molecule has 0 unspecified atom stereocenters. The van der Waals surface area contributed by atoms with E-state index in [1.807, 2.05) is 24.3 Å². The van der Waals surface area contributed by atoms with E-state index >= 15 is 0 Å². The van der Waals surface area contributed by atoms with Crippen molar-refractivity contribution < 1.29 is 19.0 Å². The van der Waals surface area contributed by atoms with Crippen molar-refractivity contribution in [1.29, 1.82) is 0 Å². The molecule has 0 saturated heterocycles. The highest BCUT2D eigenvalue weighted by molar-refractivity contribution is 6.30. The van der Waals surface area contributed by atoms with Crippen LogP contribution in [0, 0.1) is 0 Å². The zero-order chi connectivity index (χ0) is 18.7. The molecule has 2 aromatic rings. The largest absolute Gasteiger partial charge is 0.493 e. The Bertz CT molecular complexity index is 863. The standard InChI is InChI=1S/C20H20ClNO4/c1-22(11-13-5-4-6-18(24-2)19(13)25-3)20(23)15-9-14-10-16(21)7-8-17(14)26-12-15/h4-10H,11-12H2,1-3H3. The molecule has 3 rings (SSSR count). The van der Waals surface area contributed by atoms with Crippen molar-refractivity contribution in [3.05, 3.63) is 58.1 Å². The number of fused-ring (bicyclic) bond motifs is 1. The van der Waals surface area contributed by atoms with Crippen LogP contribution < -0.4 is 14.2 Å². The van der Waals surface area contributed by atoms with E-state index < -0.39 is 0 Å². The minimum absolute atomic E-state index is 0.111. The van der Waals surface area contributed by atoms with Gasteiger partial charge in [-0.1, -0.05) is 23.7 Å². The lowest BCUT2D eigenvalue weighted by Crippen LogP contribution is -2.30. The summed E-state index contributed by atoms with van der Waals surface area (Å²) in [6.07, 6.45) is 1.83. The second-order valence-corrected chi connectivity index (χ2v) is 6.39. The molecule has 1 heterocycles. The van der Waals surface area contributed by atoms with Crippen LogP contribution in [0.25, 0.3) is 6.08 Å². The van der Waals surface area contributed by atoms with E-state index in [1.54, 1.807) is 44.4 Å². The molecule has 2 aromatic carbocycles. The van der Waals surface area contributed by atoms with Crippen LogP contribution in [-0.4, -0.2) is 38.7 Å². The van der Waals surface area contributed by atoms with Gasteiger partial charge in [0, 0.05) is 29.7 Å². The number of rotatable bonds is 5. The zero-order valence-electron chi connectivity index (χ0n) is 14.9. The highest BCUT2D eigenvalue weighted by Crippen LogP contribution is 2.32. The Morgan fingerprint density at radius 1 is 1.23 bits per heavy atom. The summed E-state index contributed by atoms with van der Waals surface area (Å²) >= 11 is 6.03. The van der Waals surface area contributed by atoms with Gasteiger partial charge in [0.05, 0.1) is 19.8 Å². The average Bonchev–Trinajstić information content (AvgIpc) is 2.66. The Kier molecular flexibility index (Phi) is 5.38. The minimum atomic E-state index is -0.111. The molecule has 0 N–H and O–H groups in total. The number of nitrogens with zero attached hydrogens (tertiary/aromatic N) is 1. The molecule has 1 aliphatic heterocycles. The quantitative estimate of drug-likeness (QED) is 0.800. The monoisotopic (exact) mass is 373 g/mol. The number of carbonyl (C=O) groups is 1. The molecule has 5 nitrogen and oxygen atoms in total. The summed E-state index contributed by atoms with van der Waals surface area (Å²) in [4.78, 5) is 14.5. The average molecular weight is 374 g/mol. The Morgan fingerprint density at radius 3 is 2.77 bits per heavy atom. The van der Waals surface area contributed by atoms with Gasteiger partial charge in [0.2, 0.25) is 0 Å². The molecular weight excluding hydrogens is 354 g/mol. The first kappa shape index (κ1) is 18.1. The summed E-state index contributed by atoms with van der Waals surface area (Å²) in [5.74, 6) is 1.87. The summed E-state index contributed by atoms with van der Waals surface area (Å²) in [5.41, 5.74) is 2.24. The maximum absolute atomic E-state index is 12.8. The van der Waals surface area contributed by atoms with Gasteiger partial charge in [-0.25, -0.2) is 0 Å². The van der Waals surface area contributed by atoms with Crippen LogP contribution in [0.4, 0.5) is 0 Å². The molecule has 0 spiro atoms. The van der Waals surface area contributed by atoms with Gasteiger partial charge in [0.15, 0.2) is 11.5 Å². The highest BCUT2D eigenvalue weighted by atomic mass is 35.5. The van der Waals surface area contributed by atoms with Crippen LogP contribution in [-0.2, 0) is 11.3 Å². The van der Waals surface area contributed by atoms with Crippen molar-refractivity contribution in [2.45, 2.75) is 6.54 Å². The van der Waals surface area contributed by atoms with E-state index in [0.29, 0.717) is 28.6 Å². The van der Waals surface area contributed by atoms with Crippen LogP contribution in [0.1, 0.15) is 11.1 Å². The van der Waals surface area contributed by atoms with Crippen molar-refractivity contribution in [2.75, 3.05) is 27.9 Å². The number of para-hydroxylation sites is 1. The van der Waals surface area contributed by atoms with Gasteiger partial charge in [-0.2, -0.15) is 0 Å². The van der Waals surface area contributed by atoms with E-state index in [4.69, 9.17) is 25.8 Å². The zero-order valence-corrected chi connectivity index (χ0v) is 15.7. The van der Waals surface area contributed by atoms with Crippen molar-refractivity contribution in [3.8, 4) is 17.2 Å². The lowest BCUT2D eigenvalue weighted by Gasteiger charge is -2.23. The fraction of sp³-hybridized carbons (Fsp3) is 0.250. The third-order valence-corrected chi connectivity index (χ3v) is 4.43. The van der Waals surface area contributed by atoms with Crippen LogP contribution in [0.3, 0.4) is 0 Å². The predicted molar refractivity (Wildman–Crippen MR) is 101 cm³/mol. The van der Waals surface area contributed by atoms with Crippen molar-refractivity contribution in [2.24, 2.45) is 0 Å². The second-order valence-electron chi connectivity index (χ2n) is 5.95. The van der Waals surface area contributed by atoms with Crippen LogP contribution >= 0.6 is 11.6 Å². The summed E-state index contributed by atoms with van der Waals surface area (Å²) in [5, 5.41) is 0.603. The SMILES string of the molecule is COc1cccc(CN(C)C(=O)C2=Cc3cc(Cl)ccc3OC2)c1OC. The van der Waals surface area contributed by atoms with E-state index in [2.05, 4.69) is 0 Å². The summed E-state index contributed by atoms with van der Waals surface area (Å²) in [6.45, 7) is 0.617. The van der Waals surface area contributed by atoms with Crippen molar-refractivity contribution in [3.63, 3.8) is 0 Å². The topological polar surface area (TPSA) is 48.0 Å². The van der Waals surface area contributed by atoms with Gasteiger partial charge in [-0.05, 0) is 30.3 Å². The first-order chi connectivity index (χ1) is 12.5. The molecule has 6 heteroatoms. The Hall–Kier alpha value is -2.66. The Balaban J connectivity index is 1.81. The molecule has 1 amide bonds. The fourth-order valence-electron chi connectivity index (χ4n) is 2.92. The lowest BCUT2D eigenvalue weighted by molar-refractivity contribution is -0.126. The van der Waals surface area contributed by atoms with Crippen LogP contribution in [0.5, 0.6) is 17.2 Å². The number of hydrogen-bond donors (Lipinski definition) is 0. The first-order valence-electron chi connectivity index (χ1n) is 8.11. The molecule has 0 aliphatic carbocycles. The molecule has 0 fully saturated rings. The van der Waals surface area contributed by atoms with Gasteiger partial charge >= 0.3 is 0 Å². The van der Waals surface area contributed by atoms with Crippen molar-refractivity contribution >= 4 is 23.6 Å². The number of methoxy groups -OCH3 is 2. The third-order valence-electron chi connectivity index (χ3n) is 4.20. The minimum Gasteiger partial charge on any atom is -0.493 e. The smallest absolute Gasteiger partial charge is 0.253 e. The number of benzene rings is 2. The summed E-state index contributed by atoms with van der Waals surface area (Å²) in [6, 6.07) is 11.0. The van der Waals surface area contributed by atoms with Gasteiger partial charge in [-0.15, -0.1) is 0 Å². The van der Waals surface area contributed by atoms with Crippen molar-refractivity contribution in [1.82, 2.24) is 4.90 Å². The number of hydrogen-bond acceptors (Lipinski definition) is 4. The molecule has 0 radical (unpaired) electrons. The highest BCUT2D eigenvalue weighted by Gasteiger charge is 2.22. The van der Waals surface area contributed by atoms with Gasteiger partial charge in [-0.3, -0.25) is 4.79 Å². The third kappa shape index (κ3) is 3.63. The molecule has 1 aliphatic rings. The number of likely N-dealkylation sites (N-methyl/N-ethyl adjacent to an activating group) is 1. The van der Waals surface area contributed by atoms with E-state index in [1.165, 1.54) is 0 Å². The number of halogens is 1. The number of ether oxygens (including phenoxy) is 3. The molecule has 0 saturated carbocycles. The van der Waals surface area contributed by atoms with E-state index in [9.17, 15) is 4.79 Å². The fourth-order valence-corrected chi connectivity index (χ4v) is 3.10.